The number of carboxylic acids is 1. The Kier molecular flexibility index (Phi) is 3.84. The van der Waals surface area contributed by atoms with Crippen molar-refractivity contribution >= 4 is 15.8 Å². The van der Waals surface area contributed by atoms with E-state index in [-0.39, 0.29) is 23.0 Å². The molecule has 0 aliphatic heterocycles. The molecule has 7 nitrogen and oxygen atoms in total. The van der Waals surface area contributed by atoms with Crippen LogP contribution in [0.3, 0.4) is 0 Å². The predicted molar refractivity (Wildman–Crippen MR) is 67.7 cm³/mol. The minimum atomic E-state index is -3.59. The van der Waals surface area contributed by atoms with Gasteiger partial charge in [0.15, 0.2) is 15.7 Å². The molecule has 0 spiro atoms. The summed E-state index contributed by atoms with van der Waals surface area (Å²) in [5.41, 5.74) is 0.532. The molecule has 0 saturated heterocycles. The molecule has 1 aromatic carbocycles. The number of nitrogens with zero attached hydrogens (tertiary/aromatic N) is 2. The zero-order chi connectivity index (χ0) is 14.8. The molecule has 0 bridgehead atoms. The number of rotatable bonds is 5. The van der Waals surface area contributed by atoms with Gasteiger partial charge in [0.1, 0.15) is 5.75 Å². The van der Waals surface area contributed by atoms with Crippen molar-refractivity contribution in [2.75, 3.05) is 0 Å². The second-order valence-corrected chi connectivity index (χ2v) is 6.20. The van der Waals surface area contributed by atoms with Crippen LogP contribution in [0, 0.1) is 6.92 Å². The number of hydrogen-bond donors (Lipinski definition) is 1. The van der Waals surface area contributed by atoms with E-state index in [9.17, 15) is 13.2 Å². The van der Waals surface area contributed by atoms with Crippen molar-refractivity contribution in [1.29, 1.82) is 0 Å². The first-order chi connectivity index (χ1) is 9.37. The lowest BCUT2D eigenvalue weighted by Gasteiger charge is -2.03. The van der Waals surface area contributed by atoms with Crippen LogP contribution in [-0.4, -0.2) is 29.6 Å². The third-order valence-corrected chi connectivity index (χ3v) is 4.14. The van der Waals surface area contributed by atoms with E-state index in [1.807, 2.05) is 0 Å². The van der Waals surface area contributed by atoms with Gasteiger partial charge in [0.2, 0.25) is 5.89 Å². The Hall–Kier alpha value is -2.22. The van der Waals surface area contributed by atoms with Gasteiger partial charge in [-0.1, -0.05) is 17.3 Å². The van der Waals surface area contributed by atoms with Gasteiger partial charge in [0.05, 0.1) is 11.3 Å². The lowest BCUT2D eigenvalue weighted by Crippen LogP contribution is -2.06. The van der Waals surface area contributed by atoms with Gasteiger partial charge in [0, 0.05) is 0 Å². The Morgan fingerprint density at radius 2 is 1.95 bits per heavy atom. The molecule has 0 aliphatic rings. The van der Waals surface area contributed by atoms with Gasteiger partial charge in [-0.15, -0.1) is 0 Å². The molecule has 0 saturated carbocycles. The fourth-order valence-corrected chi connectivity index (χ4v) is 2.79. The molecule has 1 N–H and O–H groups in total. The van der Waals surface area contributed by atoms with E-state index in [1.54, 1.807) is 6.92 Å². The predicted octanol–water partition coefficient (Wildman–Crippen LogP) is 0.979. The number of aliphatic carboxylic acids is 1. The molecule has 0 unspecified atom stereocenters. The molecule has 2 rings (SSSR count). The Morgan fingerprint density at radius 3 is 2.45 bits per heavy atom. The molecule has 1 heterocycles. The van der Waals surface area contributed by atoms with Gasteiger partial charge >= 0.3 is 5.97 Å². The fraction of sp³-hybridized carbons (Fsp3) is 0.250. The number of carbonyl (C=O) groups is 1. The van der Waals surface area contributed by atoms with Crippen LogP contribution in [0.2, 0.25) is 0 Å². The summed E-state index contributed by atoms with van der Waals surface area (Å²) in [6.45, 7) is 1.60. The minimum absolute atomic E-state index is 0.0251. The van der Waals surface area contributed by atoms with Crippen molar-refractivity contribution in [3.63, 3.8) is 0 Å². The lowest BCUT2D eigenvalue weighted by atomic mass is 10.2. The third-order valence-electron chi connectivity index (χ3n) is 2.52. The van der Waals surface area contributed by atoms with Crippen molar-refractivity contribution in [2.24, 2.45) is 0 Å². The van der Waals surface area contributed by atoms with Gasteiger partial charge in [0.25, 0.3) is 0 Å². The highest BCUT2D eigenvalue weighted by Crippen LogP contribution is 2.16. The summed E-state index contributed by atoms with van der Waals surface area (Å²) in [6, 6.07) is 5.69. The summed E-state index contributed by atoms with van der Waals surface area (Å²) in [5, 5.41) is 12.2. The standard InChI is InChI=1S/C12H12N2O5S/c1-8-13-11(19-14-8)7-20(17,18)10-4-2-9(3-5-10)6-12(15)16/h2-5H,6-7H2,1H3,(H,15,16). The monoisotopic (exact) mass is 296 g/mol. The second-order valence-electron chi connectivity index (χ2n) is 4.21. The van der Waals surface area contributed by atoms with Crippen molar-refractivity contribution in [1.82, 2.24) is 10.1 Å². The van der Waals surface area contributed by atoms with Gasteiger partial charge < -0.3 is 9.63 Å². The van der Waals surface area contributed by atoms with Crippen molar-refractivity contribution in [3.8, 4) is 0 Å². The normalized spacial score (nSPS) is 11.4. The topological polar surface area (TPSA) is 110 Å². The summed E-state index contributed by atoms with van der Waals surface area (Å²) in [5.74, 6) is -0.961. The minimum Gasteiger partial charge on any atom is -0.481 e. The van der Waals surface area contributed by atoms with E-state index < -0.39 is 15.8 Å². The molecule has 2 aromatic rings. The first-order valence-corrected chi connectivity index (χ1v) is 7.35. The summed E-state index contributed by atoms with van der Waals surface area (Å²) >= 11 is 0. The van der Waals surface area contributed by atoms with E-state index in [1.165, 1.54) is 24.3 Å². The third kappa shape index (κ3) is 3.41. The molecular formula is C12H12N2O5S. The molecule has 1 aromatic heterocycles. The highest BCUT2D eigenvalue weighted by molar-refractivity contribution is 7.90. The van der Waals surface area contributed by atoms with E-state index in [2.05, 4.69) is 10.1 Å². The van der Waals surface area contributed by atoms with Crippen LogP contribution in [0.4, 0.5) is 0 Å². The van der Waals surface area contributed by atoms with Crippen LogP contribution in [0.25, 0.3) is 0 Å². The van der Waals surface area contributed by atoms with Crippen LogP contribution in [-0.2, 0) is 26.8 Å². The first kappa shape index (κ1) is 14.2. The Labute approximate surface area is 115 Å². The number of aryl methyl sites for hydroxylation is 1. The molecule has 20 heavy (non-hydrogen) atoms. The summed E-state index contributed by atoms with van der Waals surface area (Å²) in [7, 11) is -3.59. The number of sulfone groups is 1. The zero-order valence-corrected chi connectivity index (χ0v) is 11.4. The molecule has 0 fully saturated rings. The van der Waals surface area contributed by atoms with Crippen LogP contribution in [0.5, 0.6) is 0 Å². The first-order valence-electron chi connectivity index (χ1n) is 5.69. The van der Waals surface area contributed by atoms with E-state index in [0.717, 1.165) is 0 Å². The maximum Gasteiger partial charge on any atom is 0.307 e. The van der Waals surface area contributed by atoms with Gasteiger partial charge in [-0.25, -0.2) is 8.42 Å². The van der Waals surface area contributed by atoms with Crippen molar-refractivity contribution in [3.05, 3.63) is 41.5 Å². The number of carboxylic acid groups (broad SMARTS) is 1. The highest BCUT2D eigenvalue weighted by Gasteiger charge is 2.19. The molecule has 0 radical (unpaired) electrons. The van der Waals surface area contributed by atoms with E-state index in [4.69, 9.17) is 9.63 Å². The summed E-state index contributed by atoms with van der Waals surface area (Å²) in [6.07, 6.45) is -0.150. The number of aromatic nitrogens is 2. The van der Waals surface area contributed by atoms with E-state index in [0.29, 0.717) is 11.4 Å². The van der Waals surface area contributed by atoms with Crippen molar-refractivity contribution in [2.45, 2.75) is 24.0 Å². The van der Waals surface area contributed by atoms with Crippen LogP contribution in [0.1, 0.15) is 17.3 Å². The molecular weight excluding hydrogens is 284 g/mol. The Morgan fingerprint density at radius 1 is 1.30 bits per heavy atom. The summed E-state index contributed by atoms with van der Waals surface area (Å²) in [4.78, 5) is 14.5. The zero-order valence-electron chi connectivity index (χ0n) is 10.6. The van der Waals surface area contributed by atoms with Crippen LogP contribution in [0.15, 0.2) is 33.7 Å². The maximum atomic E-state index is 12.1. The van der Waals surface area contributed by atoms with Crippen LogP contribution < -0.4 is 0 Å². The number of hydrogen-bond acceptors (Lipinski definition) is 6. The van der Waals surface area contributed by atoms with Gasteiger partial charge in [-0.05, 0) is 24.6 Å². The highest BCUT2D eigenvalue weighted by atomic mass is 32.2. The van der Waals surface area contributed by atoms with Gasteiger partial charge in [-0.2, -0.15) is 4.98 Å². The molecule has 106 valence electrons. The molecule has 0 atom stereocenters. The van der Waals surface area contributed by atoms with E-state index >= 15 is 0 Å². The quantitative estimate of drug-likeness (QED) is 0.875. The molecule has 0 amide bonds. The largest absolute Gasteiger partial charge is 0.481 e. The molecule has 0 aliphatic carbocycles. The maximum absolute atomic E-state index is 12.1. The van der Waals surface area contributed by atoms with Gasteiger partial charge in [-0.3, -0.25) is 4.79 Å². The number of benzene rings is 1. The lowest BCUT2D eigenvalue weighted by molar-refractivity contribution is -0.136. The Bertz CT molecular complexity index is 719. The fourth-order valence-electron chi connectivity index (χ4n) is 1.63. The second kappa shape index (κ2) is 5.41. The average Bonchev–Trinajstić information content (AvgIpc) is 2.74. The SMILES string of the molecule is Cc1noc(CS(=O)(=O)c2ccc(CC(=O)O)cc2)n1. The Balaban J connectivity index is 2.19. The smallest absolute Gasteiger partial charge is 0.307 e. The van der Waals surface area contributed by atoms with Crippen LogP contribution >= 0.6 is 0 Å². The average molecular weight is 296 g/mol. The van der Waals surface area contributed by atoms with Crippen molar-refractivity contribution < 1.29 is 22.8 Å². The molecule has 8 heteroatoms. The summed E-state index contributed by atoms with van der Waals surface area (Å²) < 4.78 is 29.0.